The summed E-state index contributed by atoms with van der Waals surface area (Å²) in [4.78, 5) is 5.19. The van der Waals surface area contributed by atoms with Crippen molar-refractivity contribution in [3.63, 3.8) is 0 Å². The topological polar surface area (TPSA) is 37.2 Å². The molecule has 1 fully saturated rings. The van der Waals surface area contributed by atoms with Gasteiger partial charge in [-0.1, -0.05) is 44.2 Å². The third-order valence-corrected chi connectivity index (χ3v) is 5.97. The second kappa shape index (κ2) is 8.53. The van der Waals surface area contributed by atoms with E-state index in [2.05, 4.69) is 68.7 Å². The van der Waals surface area contributed by atoms with Gasteiger partial charge in [0.05, 0.1) is 0 Å². The highest BCUT2D eigenvalue weighted by atomic mass is 15.3. The lowest BCUT2D eigenvalue weighted by atomic mass is 10.1. The van der Waals surface area contributed by atoms with Crippen molar-refractivity contribution in [3.8, 4) is 0 Å². The van der Waals surface area contributed by atoms with Gasteiger partial charge in [0.15, 0.2) is 0 Å². The van der Waals surface area contributed by atoms with E-state index >= 15 is 0 Å². The molecule has 5 heteroatoms. The second-order valence-electron chi connectivity index (χ2n) is 8.59. The lowest BCUT2D eigenvalue weighted by Gasteiger charge is -2.21. The summed E-state index contributed by atoms with van der Waals surface area (Å²) in [6, 6.07) is 10.8. The number of nitrogens with zero attached hydrogens (tertiary/aromatic N) is 5. The number of rotatable bonds is 6. The van der Waals surface area contributed by atoms with Gasteiger partial charge in [0.25, 0.3) is 0 Å². The molecule has 0 N–H and O–H groups in total. The lowest BCUT2D eigenvalue weighted by molar-refractivity contribution is 0.248. The number of likely N-dealkylation sites (tertiary alicyclic amines) is 1. The van der Waals surface area contributed by atoms with Crippen molar-refractivity contribution < 1.29 is 0 Å². The van der Waals surface area contributed by atoms with Crippen LogP contribution in [0.3, 0.4) is 0 Å². The second-order valence-corrected chi connectivity index (χ2v) is 8.59. The van der Waals surface area contributed by atoms with Crippen LogP contribution in [0.2, 0.25) is 0 Å². The molecule has 0 bridgehead atoms. The van der Waals surface area contributed by atoms with Crippen molar-refractivity contribution >= 4 is 0 Å². The van der Waals surface area contributed by atoms with E-state index in [1.54, 1.807) is 0 Å². The molecule has 0 saturated carbocycles. The first-order valence-electron chi connectivity index (χ1n) is 10.6. The Bertz CT molecular complexity index is 724. The molecule has 146 valence electrons. The summed E-state index contributed by atoms with van der Waals surface area (Å²) < 4.78 is 2.44. The van der Waals surface area contributed by atoms with Crippen LogP contribution in [-0.2, 0) is 19.4 Å². The molecule has 27 heavy (non-hydrogen) atoms. The van der Waals surface area contributed by atoms with Gasteiger partial charge in [-0.05, 0) is 30.9 Å². The van der Waals surface area contributed by atoms with Crippen molar-refractivity contribution in [2.75, 3.05) is 39.3 Å². The number of hydrogen-bond donors (Lipinski definition) is 0. The van der Waals surface area contributed by atoms with Crippen LogP contribution in [0, 0.1) is 5.92 Å². The van der Waals surface area contributed by atoms with Crippen LogP contribution in [0.25, 0.3) is 0 Å². The van der Waals surface area contributed by atoms with Gasteiger partial charge in [-0.15, -0.1) is 10.2 Å². The molecule has 2 aliphatic rings. The predicted molar refractivity (Wildman–Crippen MR) is 109 cm³/mol. The van der Waals surface area contributed by atoms with Crippen molar-refractivity contribution in [2.24, 2.45) is 5.92 Å². The average Bonchev–Trinajstić information content (AvgIpc) is 3.25. The number of fused-ring (bicyclic) bond motifs is 1. The minimum atomic E-state index is 0.540. The van der Waals surface area contributed by atoms with Gasteiger partial charge in [0.1, 0.15) is 11.6 Å². The molecule has 0 aliphatic carbocycles. The van der Waals surface area contributed by atoms with Gasteiger partial charge in [-0.2, -0.15) is 0 Å². The molecule has 0 amide bonds. The quantitative estimate of drug-likeness (QED) is 0.787. The summed E-state index contributed by atoms with van der Waals surface area (Å²) >= 11 is 0. The first kappa shape index (κ1) is 18.6. The summed E-state index contributed by atoms with van der Waals surface area (Å²) in [5, 5.41) is 9.19. The first-order chi connectivity index (χ1) is 13.2. The van der Waals surface area contributed by atoms with Gasteiger partial charge in [0.2, 0.25) is 0 Å². The van der Waals surface area contributed by atoms with E-state index < -0.39 is 0 Å². The molecule has 1 atom stereocenters. The molecule has 4 rings (SSSR count). The standard InChI is InChI=1S/C22H33N5/c1-18(2)16-26-13-10-21-23-24-22(27(21)15-14-26)20-9-12-25(17-20)11-8-19-6-4-3-5-7-19/h3-7,18,20H,8-17H2,1-2H3. The fraction of sp³-hybridized carbons (Fsp3) is 0.636. The summed E-state index contributed by atoms with van der Waals surface area (Å²) in [6.45, 7) is 12.5. The summed E-state index contributed by atoms with van der Waals surface area (Å²) in [7, 11) is 0. The van der Waals surface area contributed by atoms with Crippen LogP contribution >= 0.6 is 0 Å². The Hall–Kier alpha value is -1.72. The van der Waals surface area contributed by atoms with Crippen LogP contribution in [0.15, 0.2) is 30.3 Å². The largest absolute Gasteiger partial charge is 0.313 e. The molecule has 1 aromatic heterocycles. The molecule has 1 unspecified atom stereocenters. The maximum Gasteiger partial charge on any atom is 0.137 e. The molecule has 2 aliphatic heterocycles. The highest BCUT2D eigenvalue weighted by Gasteiger charge is 2.29. The zero-order chi connectivity index (χ0) is 18.6. The normalized spacial score (nSPS) is 21.5. The van der Waals surface area contributed by atoms with Gasteiger partial charge >= 0.3 is 0 Å². The zero-order valence-electron chi connectivity index (χ0n) is 16.8. The fourth-order valence-electron chi connectivity index (χ4n) is 4.57. The van der Waals surface area contributed by atoms with E-state index in [-0.39, 0.29) is 0 Å². The Labute approximate surface area is 163 Å². The zero-order valence-corrected chi connectivity index (χ0v) is 16.8. The van der Waals surface area contributed by atoms with Crippen molar-refractivity contribution in [1.29, 1.82) is 0 Å². The monoisotopic (exact) mass is 367 g/mol. The summed E-state index contributed by atoms with van der Waals surface area (Å²) in [5.41, 5.74) is 1.43. The number of hydrogen-bond acceptors (Lipinski definition) is 4. The van der Waals surface area contributed by atoms with Crippen molar-refractivity contribution in [3.05, 3.63) is 47.5 Å². The third-order valence-electron chi connectivity index (χ3n) is 5.97. The van der Waals surface area contributed by atoms with Crippen molar-refractivity contribution in [1.82, 2.24) is 24.6 Å². The van der Waals surface area contributed by atoms with E-state index in [4.69, 9.17) is 0 Å². The highest BCUT2D eigenvalue weighted by Crippen LogP contribution is 2.27. The lowest BCUT2D eigenvalue weighted by Crippen LogP contribution is -2.31. The molecule has 5 nitrogen and oxygen atoms in total. The fourth-order valence-corrected chi connectivity index (χ4v) is 4.57. The van der Waals surface area contributed by atoms with Gasteiger partial charge in [-0.3, -0.25) is 0 Å². The first-order valence-corrected chi connectivity index (χ1v) is 10.6. The molecule has 1 aromatic carbocycles. The van der Waals surface area contributed by atoms with Gasteiger partial charge in [0, 0.05) is 51.6 Å². The molecule has 3 heterocycles. The summed E-state index contributed by atoms with van der Waals surface area (Å²) in [5.74, 6) is 3.69. The molecule has 1 saturated heterocycles. The maximum atomic E-state index is 4.63. The Morgan fingerprint density at radius 1 is 1.00 bits per heavy atom. The van der Waals surface area contributed by atoms with E-state index in [1.165, 1.54) is 36.7 Å². The smallest absolute Gasteiger partial charge is 0.137 e. The molecule has 0 radical (unpaired) electrons. The van der Waals surface area contributed by atoms with E-state index in [1.807, 2.05) is 0 Å². The predicted octanol–water partition coefficient (Wildman–Crippen LogP) is 2.82. The van der Waals surface area contributed by atoms with Crippen LogP contribution < -0.4 is 0 Å². The highest BCUT2D eigenvalue weighted by molar-refractivity contribution is 5.15. The maximum absolute atomic E-state index is 4.63. The van der Waals surface area contributed by atoms with Crippen LogP contribution in [0.5, 0.6) is 0 Å². The Morgan fingerprint density at radius 3 is 2.67 bits per heavy atom. The van der Waals surface area contributed by atoms with Gasteiger partial charge < -0.3 is 14.4 Å². The van der Waals surface area contributed by atoms with Crippen LogP contribution in [0.4, 0.5) is 0 Å². The van der Waals surface area contributed by atoms with E-state index in [9.17, 15) is 0 Å². The number of benzene rings is 1. The minimum Gasteiger partial charge on any atom is -0.313 e. The number of aromatic nitrogens is 3. The Kier molecular flexibility index (Phi) is 5.89. The van der Waals surface area contributed by atoms with E-state index in [0.717, 1.165) is 51.5 Å². The molecular formula is C22H33N5. The summed E-state index contributed by atoms with van der Waals surface area (Å²) in [6.07, 6.45) is 3.38. The van der Waals surface area contributed by atoms with Gasteiger partial charge in [-0.25, -0.2) is 0 Å². The van der Waals surface area contributed by atoms with Crippen LogP contribution in [0.1, 0.15) is 43.4 Å². The minimum absolute atomic E-state index is 0.540. The molecule has 0 spiro atoms. The molecular weight excluding hydrogens is 334 g/mol. The van der Waals surface area contributed by atoms with Crippen molar-refractivity contribution in [2.45, 2.75) is 45.6 Å². The molecule has 2 aromatic rings. The Balaban J connectivity index is 1.35. The van der Waals surface area contributed by atoms with E-state index in [0.29, 0.717) is 5.92 Å². The third kappa shape index (κ3) is 4.58. The Morgan fingerprint density at radius 2 is 1.85 bits per heavy atom. The average molecular weight is 368 g/mol. The van der Waals surface area contributed by atoms with Crippen LogP contribution in [-0.4, -0.2) is 63.8 Å². The SMILES string of the molecule is CC(C)CN1CCc2nnc(C3CCN(CCc4ccccc4)C3)n2CC1.